The van der Waals surface area contributed by atoms with E-state index < -0.39 is 40.6 Å². The van der Waals surface area contributed by atoms with Gasteiger partial charge in [-0.05, 0) is 54.6 Å². The van der Waals surface area contributed by atoms with Gasteiger partial charge < -0.3 is 4.42 Å². The van der Waals surface area contributed by atoms with E-state index in [0.717, 1.165) is 4.90 Å². The Morgan fingerprint density at radius 3 is 2.24 bits per heavy atom. The molecule has 0 aliphatic carbocycles. The summed E-state index contributed by atoms with van der Waals surface area (Å²) < 4.78 is 19.6. The van der Waals surface area contributed by atoms with E-state index in [4.69, 9.17) is 9.25 Å². The standard InChI is InChI=1S/C27H18FN3O6/c28-16-10-12-17(13-11-16)29-26(32)23-24(30(37-25(23)27(29)33)18-6-2-1-3-7-18)22-15-14-21(36-22)19-8-4-5-9-20(19)31(34)35/h1-15,23-25H/t23-,24+,25-/m1/s1. The summed E-state index contributed by atoms with van der Waals surface area (Å²) in [5, 5.41) is 13.0. The highest BCUT2D eigenvalue weighted by molar-refractivity contribution is 6.23. The average Bonchev–Trinajstić information content (AvgIpc) is 3.60. The molecule has 184 valence electrons. The Bertz CT molecular complexity index is 1520. The number of anilines is 2. The number of nitro benzene ring substituents is 1. The fourth-order valence-corrected chi connectivity index (χ4v) is 4.84. The van der Waals surface area contributed by atoms with Gasteiger partial charge in [0.2, 0.25) is 5.91 Å². The summed E-state index contributed by atoms with van der Waals surface area (Å²) in [6.07, 6.45) is -1.14. The van der Waals surface area contributed by atoms with Crippen LogP contribution in [0.5, 0.6) is 0 Å². The number of amides is 2. The highest BCUT2D eigenvalue weighted by Crippen LogP contribution is 2.48. The Hall–Kier alpha value is -4.83. The minimum Gasteiger partial charge on any atom is -0.458 e. The molecule has 9 nitrogen and oxygen atoms in total. The smallest absolute Gasteiger partial charge is 0.280 e. The van der Waals surface area contributed by atoms with Crippen molar-refractivity contribution in [1.29, 1.82) is 0 Å². The number of nitrogens with zero attached hydrogens (tertiary/aromatic N) is 3. The molecule has 2 amide bonds. The van der Waals surface area contributed by atoms with E-state index in [0.29, 0.717) is 11.4 Å². The Kier molecular flexibility index (Phi) is 5.31. The minimum atomic E-state index is -1.14. The molecule has 0 saturated carbocycles. The van der Waals surface area contributed by atoms with Crippen molar-refractivity contribution < 1.29 is 28.2 Å². The molecule has 3 heterocycles. The van der Waals surface area contributed by atoms with Gasteiger partial charge >= 0.3 is 0 Å². The van der Waals surface area contributed by atoms with Crippen molar-refractivity contribution in [2.24, 2.45) is 5.92 Å². The number of furan rings is 1. The second-order valence-electron chi connectivity index (χ2n) is 8.62. The van der Waals surface area contributed by atoms with E-state index in [-0.39, 0.29) is 22.7 Å². The maximum absolute atomic E-state index is 13.6. The molecule has 4 aromatic rings. The van der Waals surface area contributed by atoms with Gasteiger partial charge in [-0.3, -0.25) is 24.5 Å². The number of rotatable bonds is 5. The van der Waals surface area contributed by atoms with Crippen LogP contribution in [0.3, 0.4) is 0 Å². The second-order valence-corrected chi connectivity index (χ2v) is 8.62. The van der Waals surface area contributed by atoms with Crippen LogP contribution in [0.15, 0.2) is 95.4 Å². The molecule has 0 bridgehead atoms. The van der Waals surface area contributed by atoms with Crippen molar-refractivity contribution in [2.75, 3.05) is 9.96 Å². The summed E-state index contributed by atoms with van der Waals surface area (Å²) >= 11 is 0. The molecule has 3 aromatic carbocycles. The van der Waals surface area contributed by atoms with Crippen LogP contribution in [-0.4, -0.2) is 22.8 Å². The number of halogens is 1. The summed E-state index contributed by atoms with van der Waals surface area (Å²) in [5.41, 5.74) is 0.986. The van der Waals surface area contributed by atoms with Crippen molar-refractivity contribution in [3.05, 3.63) is 113 Å². The third-order valence-corrected chi connectivity index (χ3v) is 6.50. The number of hydroxylamine groups is 1. The molecule has 0 radical (unpaired) electrons. The van der Waals surface area contributed by atoms with E-state index >= 15 is 0 Å². The first-order valence-corrected chi connectivity index (χ1v) is 11.4. The Labute approximate surface area is 209 Å². The first kappa shape index (κ1) is 22.6. The molecule has 3 atom stereocenters. The number of hydrogen-bond acceptors (Lipinski definition) is 7. The van der Waals surface area contributed by atoms with Crippen molar-refractivity contribution in [3.63, 3.8) is 0 Å². The van der Waals surface area contributed by atoms with Gasteiger partial charge in [-0.25, -0.2) is 14.4 Å². The third kappa shape index (κ3) is 3.66. The lowest BCUT2D eigenvalue weighted by molar-refractivity contribution is -0.384. The van der Waals surface area contributed by atoms with Gasteiger partial charge in [0.1, 0.15) is 29.3 Å². The van der Waals surface area contributed by atoms with Crippen LogP contribution in [0.2, 0.25) is 0 Å². The lowest BCUT2D eigenvalue weighted by Gasteiger charge is -2.27. The zero-order chi connectivity index (χ0) is 25.7. The Balaban J connectivity index is 1.43. The molecule has 2 fully saturated rings. The maximum Gasteiger partial charge on any atom is 0.280 e. The fourth-order valence-electron chi connectivity index (χ4n) is 4.84. The number of carbonyl (C=O) groups excluding carboxylic acids is 2. The third-order valence-electron chi connectivity index (χ3n) is 6.50. The summed E-state index contributed by atoms with van der Waals surface area (Å²) in [4.78, 5) is 45.1. The van der Waals surface area contributed by atoms with E-state index in [2.05, 4.69) is 0 Å². The van der Waals surface area contributed by atoms with Gasteiger partial charge in [0, 0.05) is 6.07 Å². The Morgan fingerprint density at radius 2 is 1.51 bits per heavy atom. The van der Waals surface area contributed by atoms with Crippen LogP contribution in [0.4, 0.5) is 21.5 Å². The predicted octanol–water partition coefficient (Wildman–Crippen LogP) is 5.05. The molecule has 2 aliphatic heterocycles. The first-order valence-electron chi connectivity index (χ1n) is 11.4. The molecule has 2 saturated heterocycles. The number of carbonyl (C=O) groups is 2. The van der Waals surface area contributed by atoms with Crippen LogP contribution >= 0.6 is 0 Å². The van der Waals surface area contributed by atoms with E-state index in [1.54, 1.807) is 54.6 Å². The summed E-state index contributed by atoms with van der Waals surface area (Å²) in [7, 11) is 0. The molecule has 2 aliphatic rings. The van der Waals surface area contributed by atoms with Gasteiger partial charge in [0.25, 0.3) is 11.6 Å². The number of fused-ring (bicyclic) bond motifs is 1. The highest BCUT2D eigenvalue weighted by atomic mass is 19.1. The molecule has 0 unspecified atom stereocenters. The number of nitro groups is 1. The van der Waals surface area contributed by atoms with Gasteiger partial charge in [0.15, 0.2) is 6.10 Å². The predicted molar refractivity (Wildman–Crippen MR) is 130 cm³/mol. The van der Waals surface area contributed by atoms with Crippen LogP contribution in [-0.2, 0) is 14.4 Å². The minimum absolute atomic E-state index is 0.126. The fraction of sp³-hybridized carbons (Fsp3) is 0.111. The molecule has 6 rings (SSSR count). The lowest BCUT2D eigenvalue weighted by Crippen LogP contribution is -2.37. The van der Waals surface area contributed by atoms with Crippen LogP contribution in [0.1, 0.15) is 11.8 Å². The lowest BCUT2D eigenvalue weighted by atomic mass is 9.94. The molecular formula is C27H18FN3O6. The molecular weight excluding hydrogens is 481 g/mol. The van der Waals surface area contributed by atoms with Crippen LogP contribution in [0, 0.1) is 21.8 Å². The Morgan fingerprint density at radius 1 is 0.811 bits per heavy atom. The monoisotopic (exact) mass is 499 g/mol. The van der Waals surface area contributed by atoms with E-state index in [1.165, 1.54) is 35.4 Å². The number of hydrogen-bond donors (Lipinski definition) is 0. The van der Waals surface area contributed by atoms with E-state index in [1.807, 2.05) is 6.07 Å². The molecule has 37 heavy (non-hydrogen) atoms. The first-order chi connectivity index (χ1) is 17.9. The number of para-hydroxylation sites is 2. The largest absolute Gasteiger partial charge is 0.458 e. The van der Waals surface area contributed by atoms with Crippen LogP contribution in [0.25, 0.3) is 11.3 Å². The molecule has 10 heteroatoms. The summed E-state index contributed by atoms with van der Waals surface area (Å²) in [6, 6.07) is 22.5. The van der Waals surface area contributed by atoms with Gasteiger partial charge in [0.05, 0.1) is 21.9 Å². The SMILES string of the molecule is O=C1[C@H]2[C@@H](ON(c3ccccc3)[C@H]2c2ccc(-c3ccccc3[N+](=O)[O-])o2)C(=O)N1c1ccc(F)cc1. The van der Waals surface area contributed by atoms with Gasteiger partial charge in [-0.2, -0.15) is 0 Å². The zero-order valence-corrected chi connectivity index (χ0v) is 19.1. The normalized spacial score (nSPS) is 20.9. The van der Waals surface area contributed by atoms with Crippen molar-refractivity contribution in [3.8, 4) is 11.3 Å². The average molecular weight is 499 g/mol. The molecule has 0 spiro atoms. The maximum atomic E-state index is 13.6. The number of benzene rings is 3. The number of imide groups is 1. The van der Waals surface area contributed by atoms with Crippen LogP contribution < -0.4 is 9.96 Å². The second kappa shape index (κ2) is 8.68. The molecule has 1 aromatic heterocycles. The topological polar surface area (TPSA) is 106 Å². The summed E-state index contributed by atoms with van der Waals surface area (Å²) in [5.74, 6) is -2.02. The van der Waals surface area contributed by atoms with E-state index in [9.17, 15) is 24.1 Å². The van der Waals surface area contributed by atoms with Gasteiger partial charge in [-0.15, -0.1) is 0 Å². The summed E-state index contributed by atoms with van der Waals surface area (Å²) in [6.45, 7) is 0. The van der Waals surface area contributed by atoms with Crippen molar-refractivity contribution in [2.45, 2.75) is 12.1 Å². The highest BCUT2D eigenvalue weighted by Gasteiger charge is 2.61. The zero-order valence-electron chi connectivity index (χ0n) is 19.1. The van der Waals surface area contributed by atoms with Gasteiger partial charge in [-0.1, -0.05) is 30.3 Å². The van der Waals surface area contributed by atoms with Crippen molar-refractivity contribution >= 4 is 28.9 Å². The quantitative estimate of drug-likeness (QED) is 0.215. The molecule has 0 N–H and O–H groups in total. The van der Waals surface area contributed by atoms with Crippen molar-refractivity contribution in [1.82, 2.24) is 0 Å².